The third-order valence-corrected chi connectivity index (χ3v) is 6.24. The molecule has 1 aliphatic carbocycles. The van der Waals surface area contributed by atoms with Crippen LogP contribution in [-0.4, -0.2) is 24.2 Å². The Morgan fingerprint density at radius 3 is 2.33 bits per heavy atom. The number of aryl methyl sites for hydroxylation is 1. The number of hydrogen-bond acceptors (Lipinski definition) is 3. The first-order valence-electron chi connectivity index (χ1n) is 5.91. The van der Waals surface area contributed by atoms with Crippen LogP contribution in [0.5, 0.6) is 0 Å². The van der Waals surface area contributed by atoms with Gasteiger partial charge in [-0.25, -0.2) is 8.42 Å². The minimum atomic E-state index is -3.80. The molecule has 0 amide bonds. The van der Waals surface area contributed by atoms with Crippen LogP contribution in [0, 0.1) is 12.8 Å². The molecule has 1 aliphatic rings. The molecule has 5 heteroatoms. The van der Waals surface area contributed by atoms with Crippen molar-refractivity contribution in [1.29, 1.82) is 0 Å². The van der Waals surface area contributed by atoms with Gasteiger partial charge in [0.25, 0.3) is 0 Å². The van der Waals surface area contributed by atoms with Crippen molar-refractivity contribution in [2.75, 3.05) is 0 Å². The minimum absolute atomic E-state index is 0.103. The maximum absolute atomic E-state index is 12.5. The number of carboxylic acid groups (broad SMARTS) is 1. The van der Waals surface area contributed by atoms with E-state index in [9.17, 15) is 18.3 Å². The maximum atomic E-state index is 12.5. The Morgan fingerprint density at radius 1 is 1.39 bits per heavy atom. The molecule has 2 unspecified atom stereocenters. The van der Waals surface area contributed by atoms with Gasteiger partial charge in [0.2, 0.25) is 0 Å². The second-order valence-corrected chi connectivity index (χ2v) is 7.03. The van der Waals surface area contributed by atoms with Crippen LogP contribution in [-0.2, 0) is 14.6 Å². The summed E-state index contributed by atoms with van der Waals surface area (Å²) in [4.78, 5) is 11.5. The summed E-state index contributed by atoms with van der Waals surface area (Å²) in [6.07, 6.45) is 0.784. The minimum Gasteiger partial charge on any atom is -0.480 e. The molecule has 98 valence electrons. The van der Waals surface area contributed by atoms with Crippen LogP contribution in [0.4, 0.5) is 0 Å². The lowest BCUT2D eigenvalue weighted by Gasteiger charge is -2.13. The van der Waals surface area contributed by atoms with E-state index in [2.05, 4.69) is 0 Å². The first-order chi connectivity index (χ1) is 8.36. The number of carboxylic acids is 1. The molecule has 4 nitrogen and oxygen atoms in total. The highest BCUT2D eigenvalue weighted by atomic mass is 32.2. The van der Waals surface area contributed by atoms with Crippen LogP contribution in [0.25, 0.3) is 0 Å². The number of sulfone groups is 1. The molecule has 1 aromatic rings. The molecular formula is C13H16O4S. The first-order valence-corrected chi connectivity index (χ1v) is 7.39. The van der Waals surface area contributed by atoms with Crippen LogP contribution in [0.1, 0.15) is 25.3 Å². The summed E-state index contributed by atoms with van der Waals surface area (Å²) < 4.78 is 23.3. The zero-order chi connectivity index (χ0) is 13.6. The molecule has 0 aromatic heterocycles. The molecule has 0 spiro atoms. The third-order valence-electron chi connectivity index (χ3n) is 3.71. The van der Waals surface area contributed by atoms with Crippen LogP contribution in [0.3, 0.4) is 0 Å². The van der Waals surface area contributed by atoms with Crippen molar-refractivity contribution in [2.24, 2.45) is 5.92 Å². The second-order valence-electron chi connectivity index (χ2n) is 4.82. The Bertz CT molecular complexity index is 574. The van der Waals surface area contributed by atoms with Crippen molar-refractivity contribution in [2.45, 2.75) is 36.3 Å². The average Bonchev–Trinajstić information content (AvgIpc) is 3.05. The highest BCUT2D eigenvalue weighted by molar-refractivity contribution is 7.94. The molecule has 1 fully saturated rings. The monoisotopic (exact) mass is 268 g/mol. The lowest BCUT2D eigenvalue weighted by Crippen LogP contribution is -2.34. The summed E-state index contributed by atoms with van der Waals surface area (Å²) in [5.41, 5.74) is 0.946. The fraction of sp³-hybridized carbons (Fsp3) is 0.462. The van der Waals surface area contributed by atoms with Crippen molar-refractivity contribution in [3.8, 4) is 0 Å². The van der Waals surface area contributed by atoms with Crippen LogP contribution >= 0.6 is 0 Å². The van der Waals surface area contributed by atoms with Crippen LogP contribution in [0.2, 0.25) is 0 Å². The lowest BCUT2D eigenvalue weighted by atomic mass is 10.2. The van der Waals surface area contributed by atoms with Gasteiger partial charge in [0.1, 0.15) is 0 Å². The number of rotatable bonds is 4. The van der Waals surface area contributed by atoms with Gasteiger partial charge in [0.05, 0.1) is 4.90 Å². The normalized spacial score (nSPS) is 26.9. The second kappa shape index (κ2) is 4.09. The first kappa shape index (κ1) is 13.1. The molecule has 1 aromatic carbocycles. The Balaban J connectivity index is 2.49. The summed E-state index contributed by atoms with van der Waals surface area (Å²) in [5.74, 6) is -1.50. The number of hydrogen-bond donors (Lipinski definition) is 1. The summed E-state index contributed by atoms with van der Waals surface area (Å²) >= 11 is 0. The van der Waals surface area contributed by atoms with Crippen molar-refractivity contribution in [3.63, 3.8) is 0 Å². The summed E-state index contributed by atoms with van der Waals surface area (Å²) in [6, 6.07) is 6.35. The number of aliphatic carboxylic acids is 1. The molecule has 0 radical (unpaired) electrons. The van der Waals surface area contributed by atoms with E-state index in [0.717, 1.165) is 5.56 Å². The fourth-order valence-electron chi connectivity index (χ4n) is 2.41. The molecule has 2 atom stereocenters. The van der Waals surface area contributed by atoms with Gasteiger partial charge in [-0.2, -0.15) is 0 Å². The van der Waals surface area contributed by atoms with Crippen LogP contribution in [0.15, 0.2) is 29.2 Å². The zero-order valence-corrected chi connectivity index (χ0v) is 11.2. The fourth-order valence-corrected chi connectivity index (χ4v) is 4.59. The molecule has 18 heavy (non-hydrogen) atoms. The van der Waals surface area contributed by atoms with E-state index in [0.29, 0.717) is 6.42 Å². The van der Waals surface area contributed by atoms with E-state index >= 15 is 0 Å². The van der Waals surface area contributed by atoms with Crippen LogP contribution < -0.4 is 0 Å². The quantitative estimate of drug-likeness (QED) is 0.906. The van der Waals surface area contributed by atoms with Gasteiger partial charge in [0, 0.05) is 0 Å². The van der Waals surface area contributed by atoms with Gasteiger partial charge in [0.15, 0.2) is 14.6 Å². The van der Waals surface area contributed by atoms with Crippen molar-refractivity contribution < 1.29 is 18.3 Å². The van der Waals surface area contributed by atoms with Crippen molar-refractivity contribution >= 4 is 15.8 Å². The number of carbonyl (C=O) groups is 1. The molecular weight excluding hydrogens is 252 g/mol. The Morgan fingerprint density at radius 2 is 1.94 bits per heavy atom. The van der Waals surface area contributed by atoms with E-state index in [1.807, 2.05) is 13.8 Å². The molecule has 0 bridgehead atoms. The predicted molar refractivity (Wildman–Crippen MR) is 67.1 cm³/mol. The number of benzene rings is 1. The van der Waals surface area contributed by atoms with Gasteiger partial charge in [-0.1, -0.05) is 31.0 Å². The molecule has 0 aliphatic heterocycles. The highest BCUT2D eigenvalue weighted by Gasteiger charge is 2.68. The SMILES string of the molecule is CCC1CC1(C(=O)O)S(=O)(=O)c1ccc(C)cc1. The zero-order valence-electron chi connectivity index (χ0n) is 10.4. The lowest BCUT2D eigenvalue weighted by molar-refractivity contribution is -0.137. The maximum Gasteiger partial charge on any atom is 0.325 e. The topological polar surface area (TPSA) is 71.4 Å². The van der Waals surface area contributed by atoms with Gasteiger partial charge < -0.3 is 5.11 Å². The smallest absolute Gasteiger partial charge is 0.325 e. The summed E-state index contributed by atoms with van der Waals surface area (Å²) in [7, 11) is -3.80. The van der Waals surface area contributed by atoms with E-state index < -0.39 is 20.6 Å². The molecule has 2 rings (SSSR count). The average molecular weight is 268 g/mol. The Hall–Kier alpha value is -1.36. The molecule has 0 saturated heterocycles. The Kier molecular flexibility index (Phi) is 2.97. The summed E-state index contributed by atoms with van der Waals surface area (Å²) in [6.45, 7) is 3.68. The predicted octanol–water partition coefficient (Wildman–Crippen LogP) is 2.02. The van der Waals surface area contributed by atoms with Crippen molar-refractivity contribution in [1.82, 2.24) is 0 Å². The van der Waals surface area contributed by atoms with E-state index in [-0.39, 0.29) is 17.2 Å². The largest absolute Gasteiger partial charge is 0.480 e. The third kappa shape index (κ3) is 1.65. The molecule has 1 saturated carbocycles. The molecule has 1 N–H and O–H groups in total. The standard InChI is InChI=1S/C13H16O4S/c1-3-10-8-13(10,12(14)15)18(16,17)11-6-4-9(2)5-7-11/h4-7,10H,3,8H2,1-2H3,(H,14,15). The van der Waals surface area contributed by atoms with Gasteiger partial charge in [-0.05, 0) is 31.4 Å². The van der Waals surface area contributed by atoms with Gasteiger partial charge in [-0.15, -0.1) is 0 Å². The van der Waals surface area contributed by atoms with E-state index in [4.69, 9.17) is 0 Å². The van der Waals surface area contributed by atoms with E-state index in [1.165, 1.54) is 12.1 Å². The molecule has 0 heterocycles. The highest BCUT2D eigenvalue weighted by Crippen LogP contribution is 2.54. The van der Waals surface area contributed by atoms with Crippen molar-refractivity contribution in [3.05, 3.63) is 29.8 Å². The van der Waals surface area contributed by atoms with Gasteiger partial charge >= 0.3 is 5.97 Å². The van der Waals surface area contributed by atoms with E-state index in [1.54, 1.807) is 12.1 Å². The Labute approximate surface area is 107 Å². The summed E-state index contributed by atoms with van der Waals surface area (Å²) in [5, 5.41) is 9.28. The van der Waals surface area contributed by atoms with Gasteiger partial charge in [-0.3, -0.25) is 4.79 Å².